The molecule has 1 aliphatic rings. The third kappa shape index (κ3) is 2.95. The molecule has 0 bridgehead atoms. The van der Waals surface area contributed by atoms with Crippen LogP contribution in [-0.4, -0.2) is 33.7 Å². The van der Waals surface area contributed by atoms with E-state index in [1.54, 1.807) is 0 Å². The molecule has 1 fully saturated rings. The maximum Gasteiger partial charge on any atom is 0.249 e. The number of carbonyl (C=O) groups is 1. The fourth-order valence-corrected chi connectivity index (χ4v) is 1.64. The molecule has 1 aliphatic heterocycles. The van der Waals surface area contributed by atoms with Gasteiger partial charge in [0, 0.05) is 12.5 Å². The number of hydrogen-bond acceptors (Lipinski definition) is 5. The summed E-state index contributed by atoms with van der Waals surface area (Å²) in [5.74, 6) is 0.197. The van der Waals surface area contributed by atoms with Crippen molar-refractivity contribution < 1.29 is 4.79 Å². The number of rotatable bonds is 3. The molecule has 1 atom stereocenters. The molecule has 1 unspecified atom stereocenters. The number of hydrogen-bond donors (Lipinski definition) is 2. The predicted octanol–water partition coefficient (Wildman–Crippen LogP) is -0.0478. The number of nitrogens with one attached hydrogen (secondary N) is 2. The van der Waals surface area contributed by atoms with Crippen LogP contribution in [0.4, 0.5) is 5.95 Å². The maximum atomic E-state index is 11.5. The summed E-state index contributed by atoms with van der Waals surface area (Å²) >= 11 is 0. The SMILES string of the molecule is O=C(CC1CCCN1)Nc1nccnn1. The molecule has 0 aliphatic carbocycles. The molecule has 0 aromatic carbocycles. The van der Waals surface area contributed by atoms with E-state index in [1.165, 1.54) is 12.4 Å². The van der Waals surface area contributed by atoms with Gasteiger partial charge in [0.2, 0.25) is 11.9 Å². The molecule has 1 aromatic rings. The maximum absolute atomic E-state index is 11.5. The average Bonchev–Trinajstić information content (AvgIpc) is 2.71. The first-order valence-electron chi connectivity index (χ1n) is 5.01. The van der Waals surface area contributed by atoms with Crippen LogP contribution in [0.2, 0.25) is 0 Å². The molecular formula is C9H13N5O. The van der Waals surface area contributed by atoms with Gasteiger partial charge in [0.1, 0.15) is 0 Å². The second-order valence-corrected chi connectivity index (χ2v) is 3.51. The Morgan fingerprint density at radius 2 is 2.53 bits per heavy atom. The quantitative estimate of drug-likeness (QED) is 0.726. The molecule has 1 saturated heterocycles. The number of anilines is 1. The van der Waals surface area contributed by atoms with Crippen molar-refractivity contribution in [1.29, 1.82) is 0 Å². The molecule has 2 heterocycles. The van der Waals surface area contributed by atoms with Gasteiger partial charge in [0.25, 0.3) is 0 Å². The molecule has 15 heavy (non-hydrogen) atoms. The van der Waals surface area contributed by atoms with E-state index in [0.29, 0.717) is 12.5 Å². The molecule has 0 radical (unpaired) electrons. The van der Waals surface area contributed by atoms with Gasteiger partial charge in [-0.05, 0) is 19.4 Å². The first kappa shape index (κ1) is 9.97. The van der Waals surface area contributed by atoms with Crippen LogP contribution in [0.5, 0.6) is 0 Å². The van der Waals surface area contributed by atoms with Gasteiger partial charge >= 0.3 is 0 Å². The summed E-state index contributed by atoms with van der Waals surface area (Å²) in [6.07, 6.45) is 5.63. The number of carbonyl (C=O) groups excluding carboxylic acids is 1. The summed E-state index contributed by atoms with van der Waals surface area (Å²) in [4.78, 5) is 15.4. The summed E-state index contributed by atoms with van der Waals surface area (Å²) in [6.45, 7) is 1.00. The molecule has 6 heteroatoms. The lowest BCUT2D eigenvalue weighted by molar-refractivity contribution is -0.116. The Morgan fingerprint density at radius 3 is 3.20 bits per heavy atom. The van der Waals surface area contributed by atoms with Crippen molar-refractivity contribution in [2.45, 2.75) is 25.3 Å². The predicted molar refractivity (Wildman–Crippen MR) is 54.1 cm³/mol. The van der Waals surface area contributed by atoms with Crippen LogP contribution in [0.15, 0.2) is 12.4 Å². The lowest BCUT2D eigenvalue weighted by Gasteiger charge is -2.08. The fraction of sp³-hybridized carbons (Fsp3) is 0.556. The smallest absolute Gasteiger partial charge is 0.249 e. The Balaban J connectivity index is 1.82. The zero-order valence-corrected chi connectivity index (χ0v) is 8.31. The van der Waals surface area contributed by atoms with Crippen LogP contribution in [0.1, 0.15) is 19.3 Å². The Kier molecular flexibility index (Phi) is 3.18. The molecule has 0 spiro atoms. The van der Waals surface area contributed by atoms with Crippen molar-refractivity contribution in [3.63, 3.8) is 0 Å². The molecule has 6 nitrogen and oxygen atoms in total. The van der Waals surface area contributed by atoms with Crippen LogP contribution in [0.3, 0.4) is 0 Å². The summed E-state index contributed by atoms with van der Waals surface area (Å²) in [5.41, 5.74) is 0. The average molecular weight is 207 g/mol. The minimum absolute atomic E-state index is 0.0672. The van der Waals surface area contributed by atoms with Gasteiger partial charge in [0.15, 0.2) is 0 Å². The lowest BCUT2D eigenvalue weighted by Crippen LogP contribution is -2.27. The highest BCUT2D eigenvalue weighted by atomic mass is 16.1. The van der Waals surface area contributed by atoms with E-state index < -0.39 is 0 Å². The fourth-order valence-electron chi connectivity index (χ4n) is 1.64. The summed E-state index contributed by atoms with van der Waals surface area (Å²) in [5, 5.41) is 13.2. The standard InChI is InChI=1S/C9H13N5O/c15-8(6-7-2-1-3-10-7)13-9-11-4-5-12-14-9/h4-5,7,10H,1-3,6H2,(H,11,13,14,15). The molecule has 1 amide bonds. The van der Waals surface area contributed by atoms with Crippen molar-refractivity contribution in [3.05, 3.63) is 12.4 Å². The summed E-state index contributed by atoms with van der Waals surface area (Å²) in [7, 11) is 0. The van der Waals surface area contributed by atoms with E-state index in [1.807, 2.05) is 0 Å². The number of aromatic nitrogens is 3. The van der Waals surface area contributed by atoms with Crippen molar-refractivity contribution >= 4 is 11.9 Å². The highest BCUT2D eigenvalue weighted by Gasteiger charge is 2.17. The van der Waals surface area contributed by atoms with Crippen molar-refractivity contribution in [2.24, 2.45) is 0 Å². The Morgan fingerprint density at radius 1 is 1.60 bits per heavy atom. The highest BCUT2D eigenvalue weighted by Crippen LogP contribution is 2.09. The Bertz CT molecular complexity index is 323. The second kappa shape index (κ2) is 4.79. The Labute approximate surface area is 87.5 Å². The minimum Gasteiger partial charge on any atom is -0.313 e. The second-order valence-electron chi connectivity index (χ2n) is 3.51. The van der Waals surface area contributed by atoms with Gasteiger partial charge < -0.3 is 5.32 Å². The first-order valence-corrected chi connectivity index (χ1v) is 5.01. The van der Waals surface area contributed by atoms with Crippen molar-refractivity contribution in [3.8, 4) is 0 Å². The topological polar surface area (TPSA) is 79.8 Å². The van der Waals surface area contributed by atoms with Gasteiger partial charge in [0.05, 0.1) is 12.4 Å². The summed E-state index contributed by atoms with van der Waals surface area (Å²) in [6, 6.07) is 0.293. The lowest BCUT2D eigenvalue weighted by atomic mass is 10.1. The Hall–Kier alpha value is -1.56. The van der Waals surface area contributed by atoms with E-state index in [-0.39, 0.29) is 11.9 Å². The van der Waals surface area contributed by atoms with Crippen molar-refractivity contribution in [2.75, 3.05) is 11.9 Å². The summed E-state index contributed by atoms with van der Waals surface area (Å²) < 4.78 is 0. The van der Waals surface area contributed by atoms with Crippen LogP contribution in [0.25, 0.3) is 0 Å². The number of amides is 1. The van der Waals surface area contributed by atoms with Gasteiger partial charge in [-0.25, -0.2) is 4.98 Å². The molecule has 2 N–H and O–H groups in total. The molecule has 2 rings (SSSR count). The zero-order chi connectivity index (χ0) is 10.5. The van der Waals surface area contributed by atoms with E-state index >= 15 is 0 Å². The van der Waals surface area contributed by atoms with Gasteiger partial charge in [-0.1, -0.05) is 0 Å². The van der Waals surface area contributed by atoms with E-state index in [9.17, 15) is 4.79 Å². The third-order valence-corrected chi connectivity index (χ3v) is 2.33. The normalized spacial score (nSPS) is 20.1. The van der Waals surface area contributed by atoms with E-state index in [2.05, 4.69) is 25.8 Å². The van der Waals surface area contributed by atoms with Crippen molar-refractivity contribution in [1.82, 2.24) is 20.5 Å². The largest absolute Gasteiger partial charge is 0.313 e. The van der Waals surface area contributed by atoms with Gasteiger partial charge in [-0.3, -0.25) is 10.1 Å². The molecule has 80 valence electrons. The van der Waals surface area contributed by atoms with Crippen LogP contribution < -0.4 is 10.6 Å². The van der Waals surface area contributed by atoms with E-state index in [0.717, 1.165) is 19.4 Å². The van der Waals surface area contributed by atoms with Gasteiger partial charge in [-0.15, -0.1) is 5.10 Å². The molecule has 1 aromatic heterocycles. The zero-order valence-electron chi connectivity index (χ0n) is 8.31. The highest BCUT2D eigenvalue weighted by molar-refractivity contribution is 5.89. The van der Waals surface area contributed by atoms with Gasteiger partial charge in [-0.2, -0.15) is 5.10 Å². The molecule has 0 saturated carbocycles. The minimum atomic E-state index is -0.0672. The third-order valence-electron chi connectivity index (χ3n) is 2.33. The monoisotopic (exact) mass is 207 g/mol. The molecular weight excluding hydrogens is 194 g/mol. The first-order chi connectivity index (χ1) is 7.34. The van der Waals surface area contributed by atoms with Crippen LogP contribution in [-0.2, 0) is 4.79 Å². The number of nitrogens with zero attached hydrogens (tertiary/aromatic N) is 3. The van der Waals surface area contributed by atoms with Crippen LogP contribution >= 0.6 is 0 Å². The van der Waals surface area contributed by atoms with E-state index in [4.69, 9.17) is 0 Å². The van der Waals surface area contributed by atoms with Crippen LogP contribution in [0, 0.1) is 0 Å².